The summed E-state index contributed by atoms with van der Waals surface area (Å²) in [4.78, 5) is 25.0. The predicted octanol–water partition coefficient (Wildman–Crippen LogP) is 2.85. The zero-order valence-corrected chi connectivity index (χ0v) is 14.3. The van der Waals surface area contributed by atoms with Crippen LogP contribution in [0.25, 0.3) is 10.2 Å². The number of fused-ring (bicyclic) bond motifs is 3. The first-order valence-electron chi connectivity index (χ1n) is 8.47. The molecule has 0 saturated carbocycles. The third kappa shape index (κ3) is 2.80. The van der Waals surface area contributed by atoms with Gasteiger partial charge in [0.1, 0.15) is 17.0 Å². The maximum atomic E-state index is 11.5. The van der Waals surface area contributed by atoms with E-state index >= 15 is 0 Å². The highest BCUT2D eigenvalue weighted by molar-refractivity contribution is 7.19. The maximum absolute atomic E-state index is 11.5. The van der Waals surface area contributed by atoms with Gasteiger partial charge in [0.15, 0.2) is 0 Å². The fourth-order valence-corrected chi connectivity index (χ4v) is 4.98. The Bertz CT molecular complexity index is 742. The quantitative estimate of drug-likeness (QED) is 0.940. The molecular formula is C17H22N4OS. The Kier molecular flexibility index (Phi) is 3.93. The number of aryl methyl sites for hydroxylation is 2. The third-order valence-corrected chi connectivity index (χ3v) is 6.24. The van der Waals surface area contributed by atoms with Gasteiger partial charge in [-0.25, -0.2) is 9.97 Å². The van der Waals surface area contributed by atoms with E-state index in [0.717, 1.165) is 43.1 Å². The summed E-state index contributed by atoms with van der Waals surface area (Å²) in [6, 6.07) is 0. The number of hydrogen-bond donors (Lipinski definition) is 1. The van der Waals surface area contributed by atoms with Crippen molar-refractivity contribution in [1.82, 2.24) is 14.9 Å². The molecule has 4 rings (SSSR count). The number of amides is 1. The minimum absolute atomic E-state index is 0.184. The Morgan fingerprint density at radius 3 is 3.09 bits per heavy atom. The summed E-state index contributed by atoms with van der Waals surface area (Å²) >= 11 is 1.83. The normalized spacial score (nSPS) is 20.7. The minimum atomic E-state index is 0.184. The molecule has 0 radical (unpaired) electrons. The van der Waals surface area contributed by atoms with E-state index in [2.05, 4.69) is 15.3 Å². The highest BCUT2D eigenvalue weighted by atomic mass is 32.1. The van der Waals surface area contributed by atoms with E-state index in [1.54, 1.807) is 13.3 Å². The molecule has 2 aliphatic rings. The van der Waals surface area contributed by atoms with Crippen LogP contribution in [0.5, 0.6) is 0 Å². The summed E-state index contributed by atoms with van der Waals surface area (Å²) in [6.07, 6.45) is 7.64. The van der Waals surface area contributed by atoms with Crippen LogP contribution in [0.4, 0.5) is 5.82 Å². The van der Waals surface area contributed by atoms with E-state index in [1.807, 2.05) is 16.2 Å². The first-order valence-corrected chi connectivity index (χ1v) is 9.28. The molecule has 1 aliphatic carbocycles. The number of nitrogens with zero attached hydrogens (tertiary/aromatic N) is 3. The molecule has 1 saturated heterocycles. The average Bonchev–Trinajstić information content (AvgIpc) is 3.17. The lowest BCUT2D eigenvalue weighted by Gasteiger charge is -2.16. The standard InChI is InChI=1S/C17H22N4OS/c1-11(22)21-7-6-12(9-21)8-18-16-15-13-4-2-3-5-14(13)23-17(15)20-10-19-16/h10,12H,2-9H2,1H3,(H,18,19,20)/t12-/m1/s1. The predicted molar refractivity (Wildman–Crippen MR) is 92.9 cm³/mol. The van der Waals surface area contributed by atoms with Gasteiger partial charge < -0.3 is 10.2 Å². The van der Waals surface area contributed by atoms with Crippen molar-refractivity contribution in [3.63, 3.8) is 0 Å². The van der Waals surface area contributed by atoms with E-state index in [-0.39, 0.29) is 5.91 Å². The molecule has 0 bridgehead atoms. The summed E-state index contributed by atoms with van der Waals surface area (Å²) in [6.45, 7) is 4.27. The van der Waals surface area contributed by atoms with E-state index in [1.165, 1.54) is 35.1 Å². The number of carbonyl (C=O) groups excluding carboxylic acids is 1. The highest BCUT2D eigenvalue weighted by Gasteiger charge is 2.25. The van der Waals surface area contributed by atoms with E-state index in [0.29, 0.717) is 5.92 Å². The average molecular weight is 330 g/mol. The molecule has 1 N–H and O–H groups in total. The number of carbonyl (C=O) groups is 1. The van der Waals surface area contributed by atoms with Crippen molar-refractivity contribution in [3.05, 3.63) is 16.8 Å². The molecule has 1 fully saturated rings. The molecule has 2 aromatic heterocycles. The second-order valence-electron chi connectivity index (χ2n) is 6.61. The largest absolute Gasteiger partial charge is 0.369 e. The van der Waals surface area contributed by atoms with Crippen molar-refractivity contribution < 1.29 is 4.79 Å². The summed E-state index contributed by atoms with van der Waals surface area (Å²) in [7, 11) is 0. The zero-order valence-electron chi connectivity index (χ0n) is 13.5. The van der Waals surface area contributed by atoms with Crippen molar-refractivity contribution in [3.8, 4) is 0 Å². The molecular weight excluding hydrogens is 308 g/mol. The van der Waals surface area contributed by atoms with Gasteiger partial charge in [-0.3, -0.25) is 4.79 Å². The summed E-state index contributed by atoms with van der Waals surface area (Å²) in [5.74, 6) is 1.68. The Morgan fingerprint density at radius 2 is 2.26 bits per heavy atom. The molecule has 1 atom stereocenters. The summed E-state index contributed by atoms with van der Waals surface area (Å²) in [5.41, 5.74) is 1.47. The first kappa shape index (κ1) is 14.9. The SMILES string of the molecule is CC(=O)N1CC[C@H](CNc2ncnc3sc4c(c23)CCCC4)C1. The molecule has 0 unspecified atom stereocenters. The molecule has 23 heavy (non-hydrogen) atoms. The van der Waals surface area contributed by atoms with Crippen LogP contribution in [0.15, 0.2) is 6.33 Å². The van der Waals surface area contributed by atoms with Gasteiger partial charge in [-0.1, -0.05) is 0 Å². The van der Waals surface area contributed by atoms with Gasteiger partial charge in [-0.15, -0.1) is 11.3 Å². The van der Waals surface area contributed by atoms with Crippen LogP contribution in [0.3, 0.4) is 0 Å². The fourth-order valence-electron chi connectivity index (χ4n) is 3.75. The van der Waals surface area contributed by atoms with Crippen LogP contribution in [-0.2, 0) is 17.6 Å². The number of hydrogen-bond acceptors (Lipinski definition) is 5. The van der Waals surface area contributed by atoms with Crippen molar-refractivity contribution in [2.45, 2.75) is 39.0 Å². The second kappa shape index (κ2) is 6.07. The van der Waals surface area contributed by atoms with Crippen LogP contribution in [-0.4, -0.2) is 40.4 Å². The van der Waals surface area contributed by atoms with E-state index < -0.39 is 0 Å². The minimum Gasteiger partial charge on any atom is -0.369 e. The van der Waals surface area contributed by atoms with Crippen LogP contribution >= 0.6 is 11.3 Å². The maximum Gasteiger partial charge on any atom is 0.219 e. The topological polar surface area (TPSA) is 58.1 Å². The Balaban J connectivity index is 1.53. The lowest BCUT2D eigenvalue weighted by molar-refractivity contribution is -0.127. The van der Waals surface area contributed by atoms with Crippen LogP contribution in [0.2, 0.25) is 0 Å². The second-order valence-corrected chi connectivity index (χ2v) is 7.70. The van der Waals surface area contributed by atoms with Crippen molar-refractivity contribution >= 4 is 33.3 Å². The lowest BCUT2D eigenvalue weighted by Crippen LogP contribution is -2.27. The Labute approximate surface area is 140 Å². The van der Waals surface area contributed by atoms with Gasteiger partial charge in [-0.2, -0.15) is 0 Å². The monoisotopic (exact) mass is 330 g/mol. The molecule has 6 heteroatoms. The van der Waals surface area contributed by atoms with Gasteiger partial charge >= 0.3 is 0 Å². The van der Waals surface area contributed by atoms with Crippen LogP contribution < -0.4 is 5.32 Å². The number of thiophene rings is 1. The number of nitrogens with one attached hydrogen (secondary N) is 1. The van der Waals surface area contributed by atoms with Gasteiger partial charge in [0.05, 0.1) is 5.39 Å². The summed E-state index contributed by atoms with van der Waals surface area (Å²) in [5, 5.41) is 4.79. The molecule has 5 nitrogen and oxygen atoms in total. The number of anilines is 1. The summed E-state index contributed by atoms with van der Waals surface area (Å²) < 4.78 is 0. The lowest BCUT2D eigenvalue weighted by atomic mass is 9.97. The molecule has 0 spiro atoms. The Hall–Kier alpha value is -1.69. The van der Waals surface area contributed by atoms with Gasteiger partial charge in [-0.05, 0) is 43.6 Å². The zero-order chi connectivity index (χ0) is 15.8. The van der Waals surface area contributed by atoms with Crippen LogP contribution in [0.1, 0.15) is 36.6 Å². The number of rotatable bonds is 3. The number of likely N-dealkylation sites (tertiary alicyclic amines) is 1. The first-order chi connectivity index (χ1) is 11.2. The van der Waals surface area contributed by atoms with Gasteiger partial charge in [0, 0.05) is 31.4 Å². The molecule has 1 aliphatic heterocycles. The van der Waals surface area contributed by atoms with Crippen LogP contribution in [0, 0.1) is 5.92 Å². The van der Waals surface area contributed by atoms with Gasteiger partial charge in [0.25, 0.3) is 0 Å². The molecule has 1 amide bonds. The van der Waals surface area contributed by atoms with E-state index in [9.17, 15) is 4.79 Å². The molecule has 2 aromatic rings. The number of aromatic nitrogens is 2. The van der Waals surface area contributed by atoms with Crippen molar-refractivity contribution in [2.75, 3.05) is 25.0 Å². The van der Waals surface area contributed by atoms with E-state index in [4.69, 9.17) is 0 Å². The highest BCUT2D eigenvalue weighted by Crippen LogP contribution is 2.38. The third-order valence-electron chi connectivity index (χ3n) is 5.04. The van der Waals surface area contributed by atoms with Crippen molar-refractivity contribution in [2.24, 2.45) is 5.92 Å². The Morgan fingerprint density at radius 1 is 1.39 bits per heavy atom. The van der Waals surface area contributed by atoms with Crippen molar-refractivity contribution in [1.29, 1.82) is 0 Å². The molecule has 122 valence electrons. The molecule has 0 aromatic carbocycles. The smallest absolute Gasteiger partial charge is 0.219 e. The molecule has 3 heterocycles. The van der Waals surface area contributed by atoms with Gasteiger partial charge in [0.2, 0.25) is 5.91 Å². The fraction of sp³-hybridized carbons (Fsp3) is 0.588.